The number of halogens is 2. The van der Waals surface area contributed by atoms with Crippen molar-refractivity contribution < 1.29 is 13.4 Å². The van der Waals surface area contributed by atoms with Crippen molar-refractivity contribution in [1.29, 1.82) is 0 Å². The number of carbonyl (C=O) groups is 1. The molecule has 0 aromatic heterocycles. The number of hydrogen-bond acceptors (Lipinski definition) is 2. The highest BCUT2D eigenvalue weighted by Crippen LogP contribution is 2.29. The number of anilines is 1. The Labute approximate surface area is 181 Å². The number of rotatable bonds is 2. The summed E-state index contributed by atoms with van der Waals surface area (Å²) >= 11 is 5.89. The minimum absolute atomic E-state index is 0.168. The number of nitrogens with one attached hydrogen (secondary N) is 1. The van der Waals surface area contributed by atoms with E-state index < -0.39 is 11.0 Å². The number of benzene rings is 3. The lowest BCUT2D eigenvalue weighted by Gasteiger charge is -2.19. The molecule has 3 nitrogen and oxygen atoms in total. The molecule has 1 atom stereocenters. The molecule has 0 bridgehead atoms. The molecule has 1 aliphatic heterocycles. The van der Waals surface area contributed by atoms with Crippen LogP contribution in [0, 0.1) is 17.7 Å². The van der Waals surface area contributed by atoms with Crippen LogP contribution in [0.1, 0.15) is 27.0 Å². The van der Waals surface area contributed by atoms with Crippen molar-refractivity contribution in [3.63, 3.8) is 0 Å². The average Bonchev–Trinajstić information content (AvgIpc) is 2.74. The van der Waals surface area contributed by atoms with Crippen LogP contribution in [-0.2, 0) is 17.4 Å². The Morgan fingerprint density at radius 2 is 1.77 bits per heavy atom. The minimum Gasteiger partial charge on any atom is -0.300 e. The van der Waals surface area contributed by atoms with Crippen molar-refractivity contribution in [2.24, 2.45) is 0 Å². The highest BCUT2D eigenvalue weighted by atomic mass is 35.5. The molecule has 1 N–H and O–H groups in total. The Bertz CT molecular complexity index is 1240. The summed E-state index contributed by atoms with van der Waals surface area (Å²) in [4.78, 5) is 13.1. The number of allylic oxidation sites excluding steroid dienone is 1. The van der Waals surface area contributed by atoms with Crippen LogP contribution in [0.2, 0.25) is 5.02 Å². The molecule has 3 aromatic carbocycles. The molecule has 1 unspecified atom stereocenters. The van der Waals surface area contributed by atoms with E-state index in [-0.39, 0.29) is 16.5 Å². The molecular formula is C24H15ClFNO2S. The van der Waals surface area contributed by atoms with Gasteiger partial charge >= 0.3 is 0 Å². The fourth-order valence-electron chi connectivity index (χ4n) is 2.95. The van der Waals surface area contributed by atoms with E-state index in [2.05, 4.69) is 16.6 Å². The fourth-order valence-corrected chi connectivity index (χ4v) is 4.09. The summed E-state index contributed by atoms with van der Waals surface area (Å²) in [5, 5.41) is 0.584. The summed E-state index contributed by atoms with van der Waals surface area (Å²) in [6.45, 7) is 0. The average molecular weight is 436 g/mol. The SMILES string of the molecule is O=C1/C(=C\c2ccc(Cl)cc2)S(=O)Nc2ccc(C#CCc3ccc(F)cc3)cc21. The van der Waals surface area contributed by atoms with Crippen LogP contribution in [0.3, 0.4) is 0 Å². The number of ketones is 1. The monoisotopic (exact) mass is 435 g/mol. The van der Waals surface area contributed by atoms with Gasteiger partial charge in [0.15, 0.2) is 11.0 Å². The molecule has 1 aliphatic rings. The molecule has 3 aromatic rings. The van der Waals surface area contributed by atoms with E-state index in [1.54, 1.807) is 60.7 Å². The van der Waals surface area contributed by atoms with Gasteiger partial charge in [-0.15, -0.1) is 0 Å². The van der Waals surface area contributed by atoms with Gasteiger partial charge in [-0.3, -0.25) is 4.79 Å². The maximum Gasteiger partial charge on any atom is 0.205 e. The van der Waals surface area contributed by atoms with Crippen LogP contribution in [0.4, 0.5) is 10.1 Å². The molecule has 0 radical (unpaired) electrons. The number of Topliss-reactive ketones (excluding diaryl/α,β-unsaturated/α-hetero) is 1. The molecule has 0 spiro atoms. The predicted molar refractivity (Wildman–Crippen MR) is 119 cm³/mol. The highest BCUT2D eigenvalue weighted by molar-refractivity contribution is 7.91. The second kappa shape index (κ2) is 8.66. The van der Waals surface area contributed by atoms with Crippen molar-refractivity contribution >= 4 is 40.1 Å². The van der Waals surface area contributed by atoms with Crippen LogP contribution < -0.4 is 4.72 Å². The van der Waals surface area contributed by atoms with Gasteiger partial charge in [0, 0.05) is 22.6 Å². The molecule has 0 aliphatic carbocycles. The molecule has 148 valence electrons. The Balaban J connectivity index is 1.59. The van der Waals surface area contributed by atoms with Gasteiger partial charge in [0.1, 0.15) is 10.7 Å². The highest BCUT2D eigenvalue weighted by Gasteiger charge is 2.27. The molecule has 1 heterocycles. The molecule has 4 rings (SSSR count). The third kappa shape index (κ3) is 4.51. The van der Waals surface area contributed by atoms with E-state index in [0.717, 1.165) is 11.1 Å². The summed E-state index contributed by atoms with van der Waals surface area (Å²) in [5.41, 5.74) is 3.24. The molecule has 0 saturated heterocycles. The molecule has 0 saturated carbocycles. The quantitative estimate of drug-likeness (QED) is 0.433. The van der Waals surface area contributed by atoms with E-state index in [1.165, 1.54) is 12.1 Å². The normalized spacial score (nSPS) is 16.4. The summed E-state index contributed by atoms with van der Waals surface area (Å²) in [6.07, 6.45) is 2.06. The van der Waals surface area contributed by atoms with E-state index in [0.29, 0.717) is 28.3 Å². The third-order valence-corrected chi connectivity index (χ3v) is 5.86. The zero-order valence-electron chi connectivity index (χ0n) is 15.6. The Kier molecular flexibility index (Phi) is 5.80. The van der Waals surface area contributed by atoms with Crippen LogP contribution >= 0.6 is 11.6 Å². The van der Waals surface area contributed by atoms with Crippen molar-refractivity contribution in [1.82, 2.24) is 0 Å². The smallest absolute Gasteiger partial charge is 0.205 e. The standard InChI is InChI=1S/C24H15ClFNO2S/c25-19-9-4-18(5-10-19)15-23-24(28)21-14-17(8-13-22(21)27-30(23)29)3-1-2-16-6-11-20(26)12-7-16/h4-15,27H,2H2/b23-15+. The number of hydrogen-bond donors (Lipinski definition) is 1. The van der Waals surface area contributed by atoms with Crippen molar-refractivity contribution in [3.8, 4) is 11.8 Å². The Morgan fingerprint density at radius 1 is 1.03 bits per heavy atom. The van der Waals surface area contributed by atoms with Gasteiger partial charge in [-0.1, -0.05) is 47.7 Å². The molecular weight excluding hydrogens is 421 g/mol. The first kappa shape index (κ1) is 20.1. The van der Waals surface area contributed by atoms with Gasteiger partial charge in [0.05, 0.1) is 5.69 Å². The van der Waals surface area contributed by atoms with E-state index in [4.69, 9.17) is 11.6 Å². The fraction of sp³-hybridized carbons (Fsp3) is 0.0417. The summed E-state index contributed by atoms with van der Waals surface area (Å²) in [6, 6.07) is 18.3. The summed E-state index contributed by atoms with van der Waals surface area (Å²) in [5.74, 6) is 5.47. The first-order valence-electron chi connectivity index (χ1n) is 9.07. The lowest BCUT2D eigenvalue weighted by Crippen LogP contribution is -2.22. The van der Waals surface area contributed by atoms with Crippen molar-refractivity contribution in [2.45, 2.75) is 6.42 Å². The molecule has 0 fully saturated rings. The van der Waals surface area contributed by atoms with Crippen LogP contribution in [0.15, 0.2) is 71.6 Å². The zero-order chi connectivity index (χ0) is 21.1. The van der Waals surface area contributed by atoms with Gasteiger partial charge in [-0.2, -0.15) is 0 Å². The van der Waals surface area contributed by atoms with Crippen LogP contribution in [0.5, 0.6) is 0 Å². The maximum absolute atomic E-state index is 13.0. The maximum atomic E-state index is 13.0. The lowest BCUT2D eigenvalue weighted by molar-refractivity contribution is 0.104. The van der Waals surface area contributed by atoms with E-state index >= 15 is 0 Å². The number of carbonyl (C=O) groups excluding carboxylic acids is 1. The zero-order valence-corrected chi connectivity index (χ0v) is 17.2. The van der Waals surface area contributed by atoms with Gasteiger partial charge < -0.3 is 4.72 Å². The molecule has 30 heavy (non-hydrogen) atoms. The third-order valence-electron chi connectivity index (χ3n) is 4.50. The van der Waals surface area contributed by atoms with Crippen molar-refractivity contribution in [3.05, 3.63) is 105 Å². The molecule has 6 heteroatoms. The lowest BCUT2D eigenvalue weighted by atomic mass is 10.0. The van der Waals surface area contributed by atoms with Crippen molar-refractivity contribution in [2.75, 3.05) is 4.72 Å². The summed E-state index contributed by atoms with van der Waals surface area (Å²) in [7, 11) is -1.65. The first-order valence-corrected chi connectivity index (χ1v) is 10.6. The predicted octanol–water partition coefficient (Wildman–Crippen LogP) is 5.39. The van der Waals surface area contributed by atoms with E-state index in [9.17, 15) is 13.4 Å². The second-order valence-electron chi connectivity index (χ2n) is 6.63. The number of fused-ring (bicyclic) bond motifs is 1. The van der Waals surface area contributed by atoms with Crippen LogP contribution in [0.25, 0.3) is 6.08 Å². The van der Waals surface area contributed by atoms with Gasteiger partial charge in [-0.05, 0) is 59.7 Å². The second-order valence-corrected chi connectivity index (χ2v) is 8.24. The Morgan fingerprint density at radius 3 is 2.50 bits per heavy atom. The summed E-state index contributed by atoms with van der Waals surface area (Å²) < 4.78 is 28.3. The molecule has 0 amide bonds. The van der Waals surface area contributed by atoms with E-state index in [1.807, 2.05) is 0 Å². The van der Waals surface area contributed by atoms with Gasteiger partial charge in [-0.25, -0.2) is 8.60 Å². The topological polar surface area (TPSA) is 46.2 Å². The minimum atomic E-state index is -1.65. The Hall–Kier alpha value is -3.20. The largest absolute Gasteiger partial charge is 0.300 e. The van der Waals surface area contributed by atoms with Gasteiger partial charge in [0.2, 0.25) is 5.78 Å². The van der Waals surface area contributed by atoms with Crippen LogP contribution in [-0.4, -0.2) is 9.99 Å². The van der Waals surface area contributed by atoms with Gasteiger partial charge in [0.25, 0.3) is 0 Å². The first-order chi connectivity index (χ1) is 14.5.